The van der Waals surface area contributed by atoms with Crippen LogP contribution >= 0.6 is 31.9 Å². The highest BCUT2D eigenvalue weighted by Crippen LogP contribution is 2.47. The zero-order chi connectivity index (χ0) is 22.3. The molecule has 0 spiro atoms. The average Bonchev–Trinajstić information content (AvgIpc) is 2.67. The molecule has 0 unspecified atom stereocenters. The van der Waals surface area contributed by atoms with Crippen molar-refractivity contribution in [1.29, 1.82) is 0 Å². The van der Waals surface area contributed by atoms with Crippen LogP contribution in [0.1, 0.15) is 45.1 Å². The van der Waals surface area contributed by atoms with E-state index >= 15 is 0 Å². The molecular formula is C24H23Br2N3O2. The minimum Gasteiger partial charge on any atom is -0.362 e. The second kappa shape index (κ2) is 8.36. The number of nitrogens with zero attached hydrogens (tertiary/aromatic N) is 1. The third-order valence-electron chi connectivity index (χ3n) is 5.64. The molecule has 1 atom stereocenters. The summed E-state index contributed by atoms with van der Waals surface area (Å²) in [7, 11) is 0. The van der Waals surface area contributed by atoms with Crippen LogP contribution in [-0.4, -0.2) is 16.7 Å². The minimum atomic E-state index is -0.437. The van der Waals surface area contributed by atoms with E-state index in [0.717, 1.165) is 32.3 Å². The molecule has 7 heteroatoms. The first kappa shape index (κ1) is 22.0. The number of ketones is 1. The molecule has 0 radical (unpaired) electrons. The maximum atomic E-state index is 13.4. The summed E-state index contributed by atoms with van der Waals surface area (Å²) in [6.07, 6.45) is 2.86. The molecule has 31 heavy (non-hydrogen) atoms. The van der Waals surface area contributed by atoms with E-state index in [1.807, 2.05) is 37.3 Å². The Bertz CT molecular complexity index is 1130. The number of benzene rings is 1. The lowest BCUT2D eigenvalue weighted by Crippen LogP contribution is -2.39. The molecule has 2 aliphatic rings. The first-order valence-corrected chi connectivity index (χ1v) is 11.7. The van der Waals surface area contributed by atoms with E-state index in [4.69, 9.17) is 0 Å². The fourth-order valence-electron chi connectivity index (χ4n) is 4.39. The van der Waals surface area contributed by atoms with E-state index < -0.39 is 5.92 Å². The number of hydrogen-bond donors (Lipinski definition) is 2. The summed E-state index contributed by atoms with van der Waals surface area (Å²) in [5, 5.41) is 6.28. The van der Waals surface area contributed by atoms with Gasteiger partial charge in [-0.25, -0.2) is 4.98 Å². The smallest absolute Gasteiger partial charge is 0.255 e. The van der Waals surface area contributed by atoms with Crippen LogP contribution in [0, 0.1) is 5.41 Å². The summed E-state index contributed by atoms with van der Waals surface area (Å²) < 4.78 is 1.73. The molecule has 0 saturated heterocycles. The quantitative estimate of drug-likeness (QED) is 0.508. The van der Waals surface area contributed by atoms with Gasteiger partial charge in [0.1, 0.15) is 5.82 Å². The molecule has 1 aromatic carbocycles. The molecule has 1 amide bonds. The predicted octanol–water partition coefficient (Wildman–Crippen LogP) is 5.85. The van der Waals surface area contributed by atoms with Gasteiger partial charge in [0.25, 0.3) is 5.91 Å². The number of pyridine rings is 1. The summed E-state index contributed by atoms with van der Waals surface area (Å²) in [6.45, 7) is 6.10. The van der Waals surface area contributed by atoms with Crippen molar-refractivity contribution in [3.8, 4) is 0 Å². The standard InChI is InChI=1S/C24H23Br2N3O2/c1-13-20(23(31)29-19-8-7-16(26)12-27-19)21(14-5-4-6-15(25)9-14)22-17(28-13)10-24(2,3)11-18(22)30/h4-9,12,21,28H,10-11H2,1-3H3,(H,27,29,31)/t21-/m1/s1. The van der Waals surface area contributed by atoms with Crippen molar-refractivity contribution in [3.05, 3.63) is 79.6 Å². The summed E-state index contributed by atoms with van der Waals surface area (Å²) >= 11 is 6.89. The molecular weight excluding hydrogens is 522 g/mol. The Morgan fingerprint density at radius 1 is 1.16 bits per heavy atom. The van der Waals surface area contributed by atoms with Gasteiger partial charge in [-0.2, -0.15) is 0 Å². The summed E-state index contributed by atoms with van der Waals surface area (Å²) in [4.78, 5) is 31.0. The van der Waals surface area contributed by atoms with Crippen molar-refractivity contribution < 1.29 is 9.59 Å². The lowest BCUT2D eigenvalue weighted by atomic mass is 9.68. The van der Waals surface area contributed by atoms with Crippen LogP contribution < -0.4 is 10.6 Å². The number of aromatic nitrogens is 1. The van der Waals surface area contributed by atoms with Crippen LogP contribution in [0.15, 0.2) is 74.1 Å². The number of halogens is 2. The van der Waals surface area contributed by atoms with E-state index in [2.05, 4.69) is 61.3 Å². The molecule has 2 aromatic rings. The topological polar surface area (TPSA) is 71.1 Å². The Kier molecular flexibility index (Phi) is 5.92. The molecule has 0 saturated carbocycles. The number of anilines is 1. The first-order valence-electron chi connectivity index (χ1n) is 10.1. The Hall–Kier alpha value is -2.25. The number of nitrogens with one attached hydrogen (secondary N) is 2. The van der Waals surface area contributed by atoms with Crippen LogP contribution in [0.25, 0.3) is 0 Å². The first-order chi connectivity index (χ1) is 14.6. The molecule has 160 valence electrons. The van der Waals surface area contributed by atoms with Gasteiger partial charge in [0, 0.05) is 50.0 Å². The van der Waals surface area contributed by atoms with Crippen LogP contribution in [0.2, 0.25) is 0 Å². The lowest BCUT2D eigenvalue weighted by molar-refractivity contribution is -0.118. The van der Waals surface area contributed by atoms with Crippen LogP contribution in [-0.2, 0) is 9.59 Å². The van der Waals surface area contributed by atoms with E-state index in [1.165, 1.54) is 0 Å². The maximum Gasteiger partial charge on any atom is 0.255 e. The van der Waals surface area contributed by atoms with Crippen molar-refractivity contribution in [2.24, 2.45) is 5.41 Å². The second-order valence-electron chi connectivity index (χ2n) is 8.80. The number of amides is 1. The molecule has 1 aliphatic carbocycles. The number of rotatable bonds is 3. The molecule has 2 heterocycles. The number of carbonyl (C=O) groups is 2. The zero-order valence-electron chi connectivity index (χ0n) is 17.6. The largest absolute Gasteiger partial charge is 0.362 e. The Morgan fingerprint density at radius 2 is 1.94 bits per heavy atom. The van der Waals surface area contributed by atoms with Crippen molar-refractivity contribution >= 4 is 49.4 Å². The average molecular weight is 545 g/mol. The minimum absolute atomic E-state index is 0.0864. The van der Waals surface area contributed by atoms with Crippen LogP contribution in [0.4, 0.5) is 5.82 Å². The van der Waals surface area contributed by atoms with Crippen molar-refractivity contribution in [2.45, 2.75) is 39.5 Å². The zero-order valence-corrected chi connectivity index (χ0v) is 20.7. The van der Waals surface area contributed by atoms with Gasteiger partial charge < -0.3 is 10.6 Å². The van der Waals surface area contributed by atoms with Gasteiger partial charge in [-0.05, 0) is 64.5 Å². The van der Waals surface area contributed by atoms with Crippen LogP contribution in [0.3, 0.4) is 0 Å². The van der Waals surface area contributed by atoms with Gasteiger partial charge in [0.05, 0.1) is 0 Å². The number of hydrogen-bond acceptors (Lipinski definition) is 4. The Labute approximate surface area is 198 Å². The van der Waals surface area contributed by atoms with Gasteiger partial charge in [0.2, 0.25) is 0 Å². The normalized spacial score (nSPS) is 20.3. The van der Waals surface area contributed by atoms with Gasteiger partial charge in [-0.3, -0.25) is 9.59 Å². The van der Waals surface area contributed by atoms with Crippen molar-refractivity contribution in [3.63, 3.8) is 0 Å². The fraction of sp³-hybridized carbons (Fsp3) is 0.292. The number of carbonyl (C=O) groups excluding carboxylic acids is 2. The number of allylic oxidation sites excluding steroid dienone is 3. The van der Waals surface area contributed by atoms with Gasteiger partial charge in [0.15, 0.2) is 5.78 Å². The van der Waals surface area contributed by atoms with Crippen molar-refractivity contribution in [2.75, 3.05) is 5.32 Å². The molecule has 1 aliphatic heterocycles. The van der Waals surface area contributed by atoms with Gasteiger partial charge >= 0.3 is 0 Å². The maximum absolute atomic E-state index is 13.4. The predicted molar refractivity (Wildman–Crippen MR) is 128 cm³/mol. The summed E-state index contributed by atoms with van der Waals surface area (Å²) in [6, 6.07) is 11.4. The van der Waals surface area contributed by atoms with Gasteiger partial charge in [-0.15, -0.1) is 0 Å². The molecule has 2 N–H and O–H groups in total. The second-order valence-corrected chi connectivity index (χ2v) is 10.6. The molecule has 5 nitrogen and oxygen atoms in total. The van der Waals surface area contributed by atoms with E-state index in [0.29, 0.717) is 23.4 Å². The highest BCUT2D eigenvalue weighted by atomic mass is 79.9. The Balaban J connectivity index is 1.80. The van der Waals surface area contributed by atoms with Crippen molar-refractivity contribution in [1.82, 2.24) is 10.3 Å². The lowest BCUT2D eigenvalue weighted by Gasteiger charge is -2.39. The number of Topliss-reactive ketones (excluding diaryl/α,β-unsaturated/α-hetero) is 1. The monoisotopic (exact) mass is 543 g/mol. The van der Waals surface area contributed by atoms with E-state index in [1.54, 1.807) is 12.3 Å². The highest BCUT2D eigenvalue weighted by molar-refractivity contribution is 9.10. The third kappa shape index (κ3) is 4.53. The molecule has 0 bridgehead atoms. The Morgan fingerprint density at radius 3 is 2.61 bits per heavy atom. The summed E-state index contributed by atoms with van der Waals surface area (Å²) in [5.41, 5.74) is 3.69. The molecule has 0 fully saturated rings. The third-order valence-corrected chi connectivity index (χ3v) is 6.60. The van der Waals surface area contributed by atoms with E-state index in [-0.39, 0.29) is 17.1 Å². The highest BCUT2D eigenvalue weighted by Gasteiger charge is 2.42. The summed E-state index contributed by atoms with van der Waals surface area (Å²) in [5.74, 6) is -0.164. The van der Waals surface area contributed by atoms with Gasteiger partial charge in [-0.1, -0.05) is 41.9 Å². The molecule has 1 aromatic heterocycles. The molecule has 4 rings (SSSR count). The van der Waals surface area contributed by atoms with Crippen LogP contribution in [0.5, 0.6) is 0 Å². The number of dihydropyridines is 1. The van der Waals surface area contributed by atoms with E-state index in [9.17, 15) is 9.59 Å². The fourth-order valence-corrected chi connectivity index (χ4v) is 5.04. The SMILES string of the molecule is CC1=C(C(=O)Nc2ccc(Br)cn2)[C@@H](c2cccc(Br)c2)C2=C(CC(C)(C)CC2=O)N1.